The van der Waals surface area contributed by atoms with Crippen molar-refractivity contribution in [3.05, 3.63) is 141 Å². The fourth-order valence-electron chi connectivity index (χ4n) is 12.1. The van der Waals surface area contributed by atoms with Crippen molar-refractivity contribution >= 4 is 35.4 Å². The van der Waals surface area contributed by atoms with Crippen LogP contribution in [-0.2, 0) is 56.2 Å². The average molecular weight is 1090 g/mol. The number of likely N-dealkylation sites (tertiary alicyclic amines) is 2. The Morgan fingerprint density at radius 3 is 1.82 bits per heavy atom. The van der Waals surface area contributed by atoms with Gasteiger partial charge in [0.05, 0.1) is 30.0 Å². The predicted octanol–water partition coefficient (Wildman–Crippen LogP) is 7.72. The molecule has 4 aliphatic heterocycles. The quantitative estimate of drug-likeness (QED) is 0.0922. The van der Waals surface area contributed by atoms with Gasteiger partial charge in [-0.2, -0.15) is 5.26 Å². The Kier molecular flexibility index (Phi) is 15.9. The highest BCUT2D eigenvalue weighted by Crippen LogP contribution is 2.37. The van der Waals surface area contributed by atoms with Crippen LogP contribution in [0.2, 0.25) is 0 Å². The fourth-order valence-corrected chi connectivity index (χ4v) is 12.1. The van der Waals surface area contributed by atoms with Gasteiger partial charge < -0.3 is 44.6 Å². The van der Waals surface area contributed by atoms with Crippen LogP contribution in [0.25, 0.3) is 11.1 Å². The summed E-state index contributed by atoms with van der Waals surface area (Å²) < 4.78 is 11.8. The Morgan fingerprint density at radius 1 is 0.713 bits per heavy atom. The number of nitrogens with one attached hydrogen (secondary N) is 2. The SMILES string of the molecule is Cc1nocc1-c1ccc(CNC(=O)C2CC(O)CN2C(=O)C(C(C)C)N2Cc3ccc(OC4CC(C(=O)NCc5ccc(C#N)cc5C(C)(C)C)N(C(=O)C(C(C)C)N5Cc6ccccc6C5=O)C4)cc3C2=O)c(C(C)(C)C)c1. The minimum Gasteiger partial charge on any atom is -0.488 e. The maximum atomic E-state index is 15.0. The number of aromatic nitrogens is 1. The summed E-state index contributed by atoms with van der Waals surface area (Å²) in [6.07, 6.45) is 0.125. The van der Waals surface area contributed by atoms with Crippen LogP contribution < -0.4 is 15.4 Å². The van der Waals surface area contributed by atoms with Crippen molar-refractivity contribution in [1.82, 2.24) is 35.4 Å². The van der Waals surface area contributed by atoms with E-state index in [1.807, 2.05) is 91.8 Å². The Balaban J connectivity index is 0.914. The van der Waals surface area contributed by atoms with Crippen LogP contribution in [0, 0.1) is 30.1 Å². The van der Waals surface area contributed by atoms with E-state index in [0.717, 1.165) is 44.6 Å². The molecule has 80 heavy (non-hydrogen) atoms. The molecule has 420 valence electrons. The van der Waals surface area contributed by atoms with Crippen LogP contribution in [0.3, 0.4) is 0 Å². The van der Waals surface area contributed by atoms with Gasteiger partial charge in [0.1, 0.15) is 42.3 Å². The number of aliphatic hydroxyl groups is 1. The van der Waals surface area contributed by atoms with Crippen molar-refractivity contribution in [1.29, 1.82) is 5.26 Å². The number of hydrogen-bond acceptors (Lipinski definition) is 11. The first kappa shape index (κ1) is 56.9. The maximum absolute atomic E-state index is 15.0. The second-order valence-electron chi connectivity index (χ2n) is 24.7. The van der Waals surface area contributed by atoms with Crippen molar-refractivity contribution in [2.24, 2.45) is 11.8 Å². The number of carbonyl (C=O) groups is 6. The average Bonchev–Trinajstić information content (AvgIpc) is 4.26. The number of ether oxygens (including phenoxy) is 1. The van der Waals surface area contributed by atoms with Crippen LogP contribution in [0.4, 0.5) is 0 Å². The summed E-state index contributed by atoms with van der Waals surface area (Å²) in [5.41, 5.74) is 8.51. The molecular formula is C63H74N8O9. The fraction of sp³-hybridized carbons (Fsp3) is 0.460. The van der Waals surface area contributed by atoms with Gasteiger partial charge in [0, 0.05) is 62.3 Å². The number of aryl methyl sites for hydroxylation is 1. The number of amides is 6. The van der Waals surface area contributed by atoms with Crippen molar-refractivity contribution in [3.63, 3.8) is 0 Å². The van der Waals surface area contributed by atoms with Gasteiger partial charge in [-0.15, -0.1) is 0 Å². The highest BCUT2D eigenvalue weighted by Gasteiger charge is 2.49. The summed E-state index contributed by atoms with van der Waals surface area (Å²) in [4.78, 5) is 93.0. The topological polar surface area (TPSA) is 219 Å². The number of nitriles is 1. The highest BCUT2D eigenvalue weighted by atomic mass is 16.5. The van der Waals surface area contributed by atoms with Gasteiger partial charge in [0.15, 0.2) is 0 Å². The summed E-state index contributed by atoms with van der Waals surface area (Å²) in [6, 6.07) is 22.3. The van der Waals surface area contributed by atoms with E-state index in [9.17, 15) is 34.3 Å². The van der Waals surface area contributed by atoms with Crippen LogP contribution >= 0.6 is 0 Å². The lowest BCUT2D eigenvalue weighted by molar-refractivity contribution is -0.143. The van der Waals surface area contributed by atoms with Crippen molar-refractivity contribution in [3.8, 4) is 22.9 Å². The van der Waals surface area contributed by atoms with Crippen molar-refractivity contribution < 1.29 is 43.1 Å². The first-order valence-electron chi connectivity index (χ1n) is 27.8. The number of hydrogen-bond donors (Lipinski definition) is 3. The third kappa shape index (κ3) is 11.3. The van der Waals surface area contributed by atoms with E-state index in [2.05, 4.69) is 48.7 Å². The van der Waals surface area contributed by atoms with Gasteiger partial charge >= 0.3 is 0 Å². The molecule has 5 aromatic rings. The van der Waals surface area contributed by atoms with E-state index in [-0.39, 0.29) is 86.6 Å². The van der Waals surface area contributed by atoms with Gasteiger partial charge in [-0.05, 0) is 98.9 Å². The number of aliphatic hydroxyl groups excluding tert-OH is 1. The third-order valence-electron chi connectivity index (χ3n) is 16.2. The molecular weight excluding hydrogens is 1010 g/mol. The standard InChI is InChI=1S/C63H74N8O9/c1-35(2)54(60(77)68-32-44(72)24-52(68)56(73)65-29-41-19-18-39(23-51(41)63(9,10)11)49-34-79-67-37(49)5)71-31-43-20-21-45(25-48(43)59(71)76)80-46-26-53(57(74)66-28-40-17-16-38(27-64)22-50(40)62(6,7)8)69(33-46)61(78)55(36(3)4)70-30-42-14-12-13-15-47(42)58(70)75/h12-23,25,34-36,44,46,52-55,72H,24,26,28-33H2,1-11H3,(H,65,73)(H,66,74). The first-order valence-corrected chi connectivity index (χ1v) is 27.8. The van der Waals surface area contributed by atoms with E-state index < -0.39 is 60.0 Å². The molecule has 0 bridgehead atoms. The van der Waals surface area contributed by atoms with Gasteiger partial charge in [-0.1, -0.05) is 123 Å². The molecule has 5 heterocycles. The van der Waals surface area contributed by atoms with E-state index in [0.29, 0.717) is 28.0 Å². The lowest BCUT2D eigenvalue weighted by Gasteiger charge is -2.35. The number of benzene rings is 4. The molecule has 4 aliphatic rings. The second-order valence-corrected chi connectivity index (χ2v) is 24.7. The molecule has 3 N–H and O–H groups in total. The molecule has 17 heteroatoms. The minimum absolute atomic E-state index is 0.0183. The summed E-state index contributed by atoms with van der Waals surface area (Å²) >= 11 is 0. The predicted molar refractivity (Wildman–Crippen MR) is 299 cm³/mol. The Bertz CT molecular complexity index is 3290. The van der Waals surface area contributed by atoms with Crippen molar-refractivity contribution in [2.45, 2.75) is 162 Å². The lowest BCUT2D eigenvalue weighted by atomic mass is 9.82. The summed E-state index contributed by atoms with van der Waals surface area (Å²) in [5, 5.41) is 30.8. The number of carbonyl (C=O) groups excluding carboxylic acids is 6. The third-order valence-corrected chi connectivity index (χ3v) is 16.2. The maximum Gasteiger partial charge on any atom is 0.255 e. The van der Waals surface area contributed by atoms with Crippen molar-refractivity contribution in [2.75, 3.05) is 13.1 Å². The van der Waals surface area contributed by atoms with Gasteiger partial charge in [-0.25, -0.2) is 0 Å². The van der Waals surface area contributed by atoms with Gasteiger partial charge in [-0.3, -0.25) is 28.8 Å². The molecule has 0 aliphatic carbocycles. The molecule has 6 atom stereocenters. The molecule has 1 aromatic heterocycles. The minimum atomic E-state index is -0.979. The molecule has 0 radical (unpaired) electrons. The molecule has 9 rings (SSSR count). The summed E-state index contributed by atoms with van der Waals surface area (Å²) in [6.45, 7) is 22.4. The zero-order valence-corrected chi connectivity index (χ0v) is 47.8. The monoisotopic (exact) mass is 1090 g/mol. The molecule has 17 nitrogen and oxygen atoms in total. The molecule has 0 spiro atoms. The summed E-state index contributed by atoms with van der Waals surface area (Å²) in [7, 11) is 0. The number of rotatable bonds is 15. The molecule has 6 amide bonds. The smallest absolute Gasteiger partial charge is 0.255 e. The van der Waals surface area contributed by atoms with E-state index in [1.165, 1.54) is 14.7 Å². The van der Waals surface area contributed by atoms with E-state index in [1.54, 1.807) is 47.6 Å². The van der Waals surface area contributed by atoms with E-state index >= 15 is 4.79 Å². The zero-order chi connectivity index (χ0) is 57.7. The second kappa shape index (κ2) is 22.4. The molecule has 2 fully saturated rings. The van der Waals surface area contributed by atoms with Crippen LogP contribution in [0.1, 0.15) is 147 Å². The number of β-amino-alcohol motifs (C(OH)–C–C–N with tert-alkyl or cyclic N) is 1. The summed E-state index contributed by atoms with van der Waals surface area (Å²) in [5.74, 6) is -2.62. The molecule has 6 unspecified atom stereocenters. The highest BCUT2D eigenvalue weighted by molar-refractivity contribution is 6.03. The van der Waals surface area contributed by atoms with Crippen LogP contribution in [-0.4, -0.2) is 115 Å². The first-order chi connectivity index (χ1) is 37.8. The normalized spacial score (nSPS) is 19.8. The van der Waals surface area contributed by atoms with Crippen LogP contribution in [0.15, 0.2) is 89.6 Å². The van der Waals surface area contributed by atoms with Gasteiger partial charge in [0.25, 0.3) is 11.8 Å². The Hall–Kier alpha value is -7.84. The number of fused-ring (bicyclic) bond motifs is 2. The van der Waals surface area contributed by atoms with E-state index in [4.69, 9.17) is 9.26 Å². The number of nitrogens with zero attached hydrogens (tertiary/aromatic N) is 6. The van der Waals surface area contributed by atoms with Crippen LogP contribution in [0.5, 0.6) is 5.75 Å². The zero-order valence-electron chi connectivity index (χ0n) is 47.8. The lowest BCUT2D eigenvalue weighted by Crippen LogP contribution is -2.55. The molecule has 4 aromatic carbocycles. The molecule has 2 saturated heterocycles. The Labute approximate surface area is 468 Å². The Morgan fingerprint density at radius 2 is 1.26 bits per heavy atom. The molecule has 0 saturated carbocycles. The largest absolute Gasteiger partial charge is 0.488 e. The van der Waals surface area contributed by atoms with Gasteiger partial charge in [0.2, 0.25) is 23.6 Å².